The third kappa shape index (κ3) is 4.49. The van der Waals surface area contributed by atoms with Crippen LogP contribution in [0.15, 0.2) is 24.3 Å². The van der Waals surface area contributed by atoms with E-state index in [0.717, 1.165) is 43.9 Å². The van der Waals surface area contributed by atoms with E-state index in [1.165, 1.54) is 11.8 Å². The minimum atomic E-state index is -3.14. The first kappa shape index (κ1) is 18.1. The summed E-state index contributed by atoms with van der Waals surface area (Å²) in [6, 6.07) is 8.67. The van der Waals surface area contributed by atoms with Crippen molar-refractivity contribution in [1.29, 1.82) is 0 Å². The fraction of sp³-hybridized carbons (Fsp3) is 0.647. The van der Waals surface area contributed by atoms with Crippen molar-refractivity contribution in [3.63, 3.8) is 0 Å². The lowest BCUT2D eigenvalue weighted by Crippen LogP contribution is -2.59. The summed E-state index contributed by atoms with van der Waals surface area (Å²) in [7, 11) is -3.14. The molecule has 0 bridgehead atoms. The molecule has 3 rings (SSSR count). The summed E-state index contributed by atoms with van der Waals surface area (Å²) in [5.41, 5.74) is 1.21. The van der Waals surface area contributed by atoms with Crippen molar-refractivity contribution in [2.24, 2.45) is 0 Å². The number of hydrogen-bond acceptors (Lipinski definition) is 4. The summed E-state index contributed by atoms with van der Waals surface area (Å²) in [5, 5.41) is 4.14. The average Bonchev–Trinajstić information content (AvgIpc) is 2.57. The van der Waals surface area contributed by atoms with Crippen molar-refractivity contribution in [3.8, 4) is 0 Å². The van der Waals surface area contributed by atoms with Gasteiger partial charge in [0.15, 0.2) is 0 Å². The Morgan fingerprint density at radius 1 is 1.17 bits per heavy atom. The number of piperazine rings is 1. The minimum Gasteiger partial charge on any atom is -0.317 e. The Kier molecular flexibility index (Phi) is 5.82. The van der Waals surface area contributed by atoms with E-state index >= 15 is 0 Å². The summed E-state index contributed by atoms with van der Waals surface area (Å²) < 4.78 is 25.6. The molecule has 0 amide bonds. The van der Waals surface area contributed by atoms with Crippen molar-refractivity contribution in [2.75, 3.05) is 39.0 Å². The summed E-state index contributed by atoms with van der Waals surface area (Å²) in [6.07, 6.45) is 4.44. The number of sulfonamides is 1. The maximum absolute atomic E-state index is 12.0. The molecule has 134 valence electrons. The van der Waals surface area contributed by atoms with Crippen molar-refractivity contribution >= 4 is 21.6 Å². The van der Waals surface area contributed by atoms with Crippen molar-refractivity contribution in [3.05, 3.63) is 34.9 Å². The number of piperidine rings is 1. The molecule has 7 heteroatoms. The zero-order valence-electron chi connectivity index (χ0n) is 14.1. The van der Waals surface area contributed by atoms with Gasteiger partial charge in [-0.3, -0.25) is 4.90 Å². The largest absolute Gasteiger partial charge is 0.317 e. The topological polar surface area (TPSA) is 52.7 Å². The van der Waals surface area contributed by atoms with E-state index < -0.39 is 10.0 Å². The number of hydrogen-bond donors (Lipinski definition) is 1. The summed E-state index contributed by atoms with van der Waals surface area (Å²) in [4.78, 5) is 2.54. The SMILES string of the molecule is CS(=O)(=O)N1CCN(C2CCNCC2)[C@@H](Cc2ccc(Cl)cc2)C1. The summed E-state index contributed by atoms with van der Waals surface area (Å²) >= 11 is 5.98. The first-order valence-electron chi connectivity index (χ1n) is 8.59. The van der Waals surface area contributed by atoms with Crippen molar-refractivity contribution < 1.29 is 8.42 Å². The Morgan fingerprint density at radius 2 is 1.83 bits per heavy atom. The minimum absolute atomic E-state index is 0.220. The Hall–Kier alpha value is -0.660. The number of nitrogens with zero attached hydrogens (tertiary/aromatic N) is 2. The number of rotatable bonds is 4. The van der Waals surface area contributed by atoms with Gasteiger partial charge in [-0.05, 0) is 50.0 Å². The lowest BCUT2D eigenvalue weighted by molar-refractivity contribution is 0.0587. The second-order valence-corrected chi connectivity index (χ2v) is 9.24. The lowest BCUT2D eigenvalue weighted by atomic mass is 9.97. The van der Waals surface area contributed by atoms with Gasteiger partial charge in [-0.1, -0.05) is 23.7 Å². The molecular formula is C17H26ClN3O2S. The Bertz CT molecular complexity index is 644. The molecule has 1 aromatic carbocycles. The smallest absolute Gasteiger partial charge is 0.211 e. The van der Waals surface area contributed by atoms with Gasteiger partial charge in [0.25, 0.3) is 0 Å². The molecule has 0 aromatic heterocycles. The highest BCUT2D eigenvalue weighted by molar-refractivity contribution is 7.88. The van der Waals surface area contributed by atoms with Gasteiger partial charge in [-0.2, -0.15) is 4.31 Å². The number of benzene rings is 1. The molecule has 2 heterocycles. The predicted molar refractivity (Wildman–Crippen MR) is 98.0 cm³/mol. The third-order valence-corrected chi connectivity index (χ3v) is 6.64. The fourth-order valence-corrected chi connectivity index (χ4v) is 4.82. The van der Waals surface area contributed by atoms with Crippen LogP contribution < -0.4 is 5.32 Å². The molecule has 2 saturated heterocycles. The zero-order valence-corrected chi connectivity index (χ0v) is 15.7. The predicted octanol–water partition coefficient (Wildman–Crippen LogP) is 1.58. The second kappa shape index (κ2) is 7.70. The number of nitrogens with one attached hydrogen (secondary N) is 1. The van der Waals surface area contributed by atoms with E-state index in [1.54, 1.807) is 4.31 Å². The van der Waals surface area contributed by atoms with Gasteiger partial charge in [-0.25, -0.2) is 8.42 Å². The first-order chi connectivity index (χ1) is 11.4. The Morgan fingerprint density at radius 3 is 2.46 bits per heavy atom. The van der Waals surface area contributed by atoms with E-state index in [1.807, 2.05) is 24.3 Å². The normalized spacial score (nSPS) is 25.0. The van der Waals surface area contributed by atoms with Crippen LogP contribution in [0, 0.1) is 0 Å². The molecule has 1 N–H and O–H groups in total. The second-order valence-electron chi connectivity index (χ2n) is 6.82. The molecule has 2 aliphatic rings. The maximum atomic E-state index is 12.0. The van der Waals surface area contributed by atoms with Gasteiger partial charge >= 0.3 is 0 Å². The molecule has 1 aromatic rings. The van der Waals surface area contributed by atoms with Crippen LogP contribution in [0.2, 0.25) is 5.02 Å². The maximum Gasteiger partial charge on any atom is 0.211 e. The van der Waals surface area contributed by atoms with E-state index in [2.05, 4.69) is 10.2 Å². The van der Waals surface area contributed by atoms with E-state index in [0.29, 0.717) is 19.1 Å². The molecule has 0 spiro atoms. The van der Waals surface area contributed by atoms with Crippen LogP contribution in [0.3, 0.4) is 0 Å². The first-order valence-corrected chi connectivity index (χ1v) is 10.8. The highest BCUT2D eigenvalue weighted by atomic mass is 35.5. The summed E-state index contributed by atoms with van der Waals surface area (Å²) in [6.45, 7) is 4.08. The van der Waals surface area contributed by atoms with Gasteiger partial charge in [-0.15, -0.1) is 0 Å². The van der Waals surface area contributed by atoms with Gasteiger partial charge in [0.05, 0.1) is 6.26 Å². The van der Waals surface area contributed by atoms with Crippen molar-refractivity contribution in [2.45, 2.75) is 31.3 Å². The average molecular weight is 372 g/mol. The molecule has 0 radical (unpaired) electrons. The van der Waals surface area contributed by atoms with Gasteiger partial charge < -0.3 is 5.32 Å². The monoisotopic (exact) mass is 371 g/mol. The van der Waals surface area contributed by atoms with Crippen LogP contribution in [-0.2, 0) is 16.4 Å². The third-order valence-electron chi connectivity index (χ3n) is 5.12. The van der Waals surface area contributed by atoms with Gasteiger partial charge in [0.2, 0.25) is 10.0 Å². The van der Waals surface area contributed by atoms with E-state index in [9.17, 15) is 8.42 Å². The molecule has 5 nitrogen and oxygen atoms in total. The van der Waals surface area contributed by atoms with Gasteiger partial charge in [0.1, 0.15) is 0 Å². The zero-order chi connectivity index (χ0) is 17.2. The summed E-state index contributed by atoms with van der Waals surface area (Å²) in [5.74, 6) is 0. The fourth-order valence-electron chi connectivity index (χ4n) is 3.84. The standard InChI is InChI=1S/C17H26ClN3O2S/c1-24(22,23)20-10-11-21(16-6-8-19-9-7-16)17(13-20)12-14-2-4-15(18)5-3-14/h2-5,16-17,19H,6-13H2,1H3/t17-/m0/s1. The molecule has 1 atom stereocenters. The van der Waals surface area contributed by atoms with Crippen LogP contribution in [0.4, 0.5) is 0 Å². The van der Waals surface area contributed by atoms with Crippen LogP contribution in [0.25, 0.3) is 0 Å². The van der Waals surface area contributed by atoms with E-state index in [4.69, 9.17) is 11.6 Å². The lowest BCUT2D eigenvalue weighted by Gasteiger charge is -2.46. The van der Waals surface area contributed by atoms with Crippen LogP contribution in [-0.4, -0.2) is 68.7 Å². The van der Waals surface area contributed by atoms with Crippen LogP contribution in [0.5, 0.6) is 0 Å². The molecule has 2 aliphatic heterocycles. The molecular weight excluding hydrogens is 346 g/mol. The van der Waals surface area contributed by atoms with Crippen molar-refractivity contribution in [1.82, 2.24) is 14.5 Å². The van der Waals surface area contributed by atoms with E-state index in [-0.39, 0.29) is 6.04 Å². The van der Waals surface area contributed by atoms with Crippen LogP contribution in [0.1, 0.15) is 18.4 Å². The van der Waals surface area contributed by atoms with Gasteiger partial charge in [0, 0.05) is 36.7 Å². The number of halogens is 1. The quantitative estimate of drug-likeness (QED) is 0.873. The van der Waals surface area contributed by atoms with Crippen LogP contribution >= 0.6 is 11.6 Å². The molecule has 0 saturated carbocycles. The molecule has 24 heavy (non-hydrogen) atoms. The molecule has 0 aliphatic carbocycles. The Labute approximate surface area is 150 Å². The molecule has 2 fully saturated rings. The Balaban J connectivity index is 1.77. The molecule has 0 unspecified atom stereocenters. The highest BCUT2D eigenvalue weighted by Crippen LogP contribution is 2.23. The highest BCUT2D eigenvalue weighted by Gasteiger charge is 2.35.